The normalized spacial score (nSPS) is 16.2. The lowest BCUT2D eigenvalue weighted by atomic mass is 9.81. The number of carboxylic acid groups (broad SMARTS) is 1. The topological polar surface area (TPSA) is 105 Å². The Hall–Kier alpha value is -2.70. The SMILES string of the molecule is Cc1nc(C2(NC(=O)CCc3ccc(C(=O)O)cc3)CCCCC2)no1. The van der Waals surface area contributed by atoms with Gasteiger partial charge < -0.3 is 14.9 Å². The first-order valence-corrected chi connectivity index (χ1v) is 8.92. The molecule has 3 rings (SSSR count). The van der Waals surface area contributed by atoms with Gasteiger partial charge in [-0.2, -0.15) is 4.98 Å². The van der Waals surface area contributed by atoms with E-state index in [1.165, 1.54) is 0 Å². The first kappa shape index (κ1) is 18.1. The average molecular weight is 357 g/mol. The number of nitrogens with one attached hydrogen (secondary N) is 1. The molecule has 1 fully saturated rings. The van der Waals surface area contributed by atoms with E-state index in [1.807, 2.05) is 0 Å². The van der Waals surface area contributed by atoms with E-state index in [-0.39, 0.29) is 11.5 Å². The van der Waals surface area contributed by atoms with Crippen LogP contribution in [0.5, 0.6) is 0 Å². The van der Waals surface area contributed by atoms with Gasteiger partial charge in [0.2, 0.25) is 11.8 Å². The second-order valence-corrected chi connectivity index (χ2v) is 6.83. The molecular formula is C19H23N3O4. The lowest BCUT2D eigenvalue weighted by molar-refractivity contribution is -0.123. The maximum Gasteiger partial charge on any atom is 0.335 e. The highest BCUT2D eigenvalue weighted by Gasteiger charge is 2.39. The number of aromatic carboxylic acids is 1. The van der Waals surface area contributed by atoms with Gasteiger partial charge in [-0.1, -0.05) is 36.6 Å². The van der Waals surface area contributed by atoms with E-state index < -0.39 is 11.5 Å². The van der Waals surface area contributed by atoms with Gasteiger partial charge in [0.25, 0.3) is 0 Å². The van der Waals surface area contributed by atoms with E-state index in [0.717, 1.165) is 37.7 Å². The first-order chi connectivity index (χ1) is 12.5. The third kappa shape index (κ3) is 4.09. The lowest BCUT2D eigenvalue weighted by Crippen LogP contribution is -2.48. The van der Waals surface area contributed by atoms with Crippen LogP contribution in [-0.2, 0) is 16.8 Å². The smallest absolute Gasteiger partial charge is 0.335 e. The van der Waals surface area contributed by atoms with Crippen LogP contribution in [0.4, 0.5) is 0 Å². The van der Waals surface area contributed by atoms with Crippen molar-refractivity contribution in [2.45, 2.75) is 57.4 Å². The fourth-order valence-electron chi connectivity index (χ4n) is 3.45. The quantitative estimate of drug-likeness (QED) is 0.823. The molecule has 1 amide bonds. The second kappa shape index (κ2) is 7.68. The Kier molecular flexibility index (Phi) is 5.35. The van der Waals surface area contributed by atoms with Crippen molar-refractivity contribution in [3.63, 3.8) is 0 Å². The van der Waals surface area contributed by atoms with Crippen LogP contribution in [0, 0.1) is 6.92 Å². The monoisotopic (exact) mass is 357 g/mol. The van der Waals surface area contributed by atoms with Crippen molar-refractivity contribution in [1.82, 2.24) is 15.5 Å². The number of amides is 1. The molecule has 26 heavy (non-hydrogen) atoms. The molecule has 0 saturated heterocycles. The fourth-order valence-corrected chi connectivity index (χ4v) is 3.45. The Labute approximate surface area is 151 Å². The zero-order valence-corrected chi connectivity index (χ0v) is 14.8. The maximum atomic E-state index is 12.6. The van der Waals surface area contributed by atoms with Crippen LogP contribution in [0.15, 0.2) is 28.8 Å². The fraction of sp³-hybridized carbons (Fsp3) is 0.474. The molecule has 1 heterocycles. The first-order valence-electron chi connectivity index (χ1n) is 8.92. The number of carbonyl (C=O) groups is 2. The predicted molar refractivity (Wildman–Crippen MR) is 93.7 cm³/mol. The summed E-state index contributed by atoms with van der Waals surface area (Å²) < 4.78 is 5.12. The van der Waals surface area contributed by atoms with Crippen molar-refractivity contribution in [3.8, 4) is 0 Å². The molecule has 1 aliphatic carbocycles. The Balaban J connectivity index is 1.64. The summed E-state index contributed by atoms with van der Waals surface area (Å²) in [6, 6.07) is 6.60. The van der Waals surface area contributed by atoms with Crippen LogP contribution in [0.2, 0.25) is 0 Å². The summed E-state index contributed by atoms with van der Waals surface area (Å²) in [5, 5.41) is 16.1. The summed E-state index contributed by atoms with van der Waals surface area (Å²) in [7, 11) is 0. The van der Waals surface area contributed by atoms with Gasteiger partial charge in [0.05, 0.1) is 5.56 Å². The largest absolute Gasteiger partial charge is 0.478 e. The summed E-state index contributed by atoms with van der Waals surface area (Å²) in [5.41, 5.74) is 0.630. The minimum absolute atomic E-state index is 0.0586. The number of hydrogen-bond donors (Lipinski definition) is 2. The molecule has 0 spiro atoms. The molecule has 2 N–H and O–H groups in total. The zero-order valence-electron chi connectivity index (χ0n) is 14.8. The number of carbonyl (C=O) groups excluding carboxylic acids is 1. The van der Waals surface area contributed by atoms with Crippen molar-refractivity contribution >= 4 is 11.9 Å². The van der Waals surface area contributed by atoms with Crippen molar-refractivity contribution in [2.75, 3.05) is 0 Å². The van der Waals surface area contributed by atoms with Gasteiger partial charge in [-0.25, -0.2) is 4.79 Å². The molecule has 0 radical (unpaired) electrons. The van der Waals surface area contributed by atoms with E-state index in [2.05, 4.69) is 15.5 Å². The maximum absolute atomic E-state index is 12.6. The molecular weight excluding hydrogens is 334 g/mol. The summed E-state index contributed by atoms with van der Waals surface area (Å²) in [5.74, 6) is 0.0483. The second-order valence-electron chi connectivity index (χ2n) is 6.83. The molecule has 7 heteroatoms. The van der Waals surface area contributed by atoms with E-state index in [9.17, 15) is 9.59 Å². The number of benzene rings is 1. The number of carboxylic acids is 1. The minimum atomic E-state index is -0.955. The molecule has 7 nitrogen and oxygen atoms in total. The Bertz CT molecular complexity index is 776. The average Bonchev–Trinajstić information content (AvgIpc) is 3.08. The van der Waals surface area contributed by atoms with Gasteiger partial charge in [0, 0.05) is 13.3 Å². The third-order valence-corrected chi connectivity index (χ3v) is 4.88. The number of aromatic nitrogens is 2. The molecule has 0 atom stereocenters. The summed E-state index contributed by atoms with van der Waals surface area (Å²) in [6.07, 6.45) is 5.67. The Morgan fingerprint density at radius 1 is 1.19 bits per heavy atom. The van der Waals surface area contributed by atoms with Crippen molar-refractivity contribution in [1.29, 1.82) is 0 Å². The highest BCUT2D eigenvalue weighted by molar-refractivity contribution is 5.87. The summed E-state index contributed by atoms with van der Waals surface area (Å²) >= 11 is 0. The van der Waals surface area contributed by atoms with Gasteiger partial charge in [-0.3, -0.25) is 4.79 Å². The number of rotatable bonds is 6. The highest BCUT2D eigenvalue weighted by atomic mass is 16.5. The standard InChI is InChI=1S/C19H23N3O4/c1-13-20-18(22-26-13)19(11-3-2-4-12-19)21-16(23)10-7-14-5-8-15(9-6-14)17(24)25/h5-6,8-9H,2-4,7,10-12H2,1H3,(H,21,23)(H,24,25). The van der Waals surface area contributed by atoms with E-state index >= 15 is 0 Å². The van der Waals surface area contributed by atoms with Gasteiger partial charge in [0.15, 0.2) is 5.82 Å². The number of nitrogens with zero attached hydrogens (tertiary/aromatic N) is 2. The molecule has 0 unspecified atom stereocenters. The molecule has 1 aromatic heterocycles. The van der Waals surface area contributed by atoms with Crippen LogP contribution < -0.4 is 5.32 Å². The summed E-state index contributed by atoms with van der Waals surface area (Å²) in [6.45, 7) is 1.75. The van der Waals surface area contributed by atoms with Crippen molar-refractivity contribution in [2.24, 2.45) is 0 Å². The van der Waals surface area contributed by atoms with Crippen molar-refractivity contribution in [3.05, 3.63) is 47.1 Å². The number of aryl methyl sites for hydroxylation is 2. The molecule has 2 aromatic rings. The Morgan fingerprint density at radius 2 is 1.88 bits per heavy atom. The predicted octanol–water partition coefficient (Wildman–Crippen LogP) is 2.98. The minimum Gasteiger partial charge on any atom is -0.478 e. The van der Waals surface area contributed by atoms with E-state index in [1.54, 1.807) is 31.2 Å². The van der Waals surface area contributed by atoms with Gasteiger partial charge in [-0.05, 0) is 37.0 Å². The third-order valence-electron chi connectivity index (χ3n) is 4.88. The molecule has 1 aliphatic rings. The van der Waals surface area contributed by atoms with Gasteiger partial charge in [-0.15, -0.1) is 0 Å². The van der Waals surface area contributed by atoms with E-state index in [4.69, 9.17) is 9.63 Å². The van der Waals surface area contributed by atoms with Crippen LogP contribution in [0.25, 0.3) is 0 Å². The molecule has 1 aromatic carbocycles. The molecule has 0 aliphatic heterocycles. The molecule has 0 bridgehead atoms. The highest BCUT2D eigenvalue weighted by Crippen LogP contribution is 2.35. The summed E-state index contributed by atoms with van der Waals surface area (Å²) in [4.78, 5) is 27.8. The van der Waals surface area contributed by atoms with Gasteiger partial charge >= 0.3 is 5.97 Å². The van der Waals surface area contributed by atoms with Crippen LogP contribution in [-0.4, -0.2) is 27.1 Å². The molecule has 1 saturated carbocycles. The molecule has 138 valence electrons. The van der Waals surface area contributed by atoms with Crippen LogP contribution in [0.1, 0.15) is 66.2 Å². The van der Waals surface area contributed by atoms with Crippen molar-refractivity contribution < 1.29 is 19.2 Å². The van der Waals surface area contributed by atoms with Crippen LogP contribution >= 0.6 is 0 Å². The van der Waals surface area contributed by atoms with Crippen LogP contribution in [0.3, 0.4) is 0 Å². The number of hydrogen-bond acceptors (Lipinski definition) is 5. The van der Waals surface area contributed by atoms with E-state index in [0.29, 0.717) is 24.6 Å². The Morgan fingerprint density at radius 3 is 2.46 bits per heavy atom. The lowest BCUT2D eigenvalue weighted by Gasteiger charge is -2.35. The zero-order chi connectivity index (χ0) is 18.6. The van der Waals surface area contributed by atoms with Gasteiger partial charge in [0.1, 0.15) is 5.54 Å².